The first-order chi connectivity index (χ1) is 7.54. The summed E-state index contributed by atoms with van der Waals surface area (Å²) in [6.07, 6.45) is 1.36. The van der Waals surface area contributed by atoms with Gasteiger partial charge in [-0.2, -0.15) is 0 Å². The van der Waals surface area contributed by atoms with Gasteiger partial charge >= 0.3 is 11.7 Å². The van der Waals surface area contributed by atoms with Crippen molar-refractivity contribution in [3.8, 4) is 0 Å². The molecule has 1 atom stereocenters. The quantitative estimate of drug-likeness (QED) is 0.717. The van der Waals surface area contributed by atoms with E-state index in [9.17, 15) is 14.4 Å². The fraction of sp³-hybridized carbons (Fsp3) is 0.500. The highest BCUT2D eigenvalue weighted by atomic mass is 16.5. The highest BCUT2D eigenvalue weighted by Gasteiger charge is 2.14. The van der Waals surface area contributed by atoms with Crippen molar-refractivity contribution >= 4 is 5.97 Å². The van der Waals surface area contributed by atoms with Crippen LogP contribution in [0.15, 0.2) is 21.9 Å². The van der Waals surface area contributed by atoms with Crippen molar-refractivity contribution in [1.29, 1.82) is 0 Å². The zero-order valence-electron chi connectivity index (χ0n) is 9.23. The third-order valence-electron chi connectivity index (χ3n) is 2.06. The lowest BCUT2D eigenvalue weighted by atomic mass is 10.2. The Hall–Kier alpha value is -1.85. The first-order valence-electron chi connectivity index (χ1n) is 5.01. The summed E-state index contributed by atoms with van der Waals surface area (Å²) in [7, 11) is 0. The van der Waals surface area contributed by atoms with Crippen molar-refractivity contribution in [3.05, 3.63) is 33.1 Å². The lowest BCUT2D eigenvalue weighted by Gasteiger charge is -2.11. The number of esters is 1. The maximum atomic E-state index is 11.3. The van der Waals surface area contributed by atoms with Gasteiger partial charge in [0, 0.05) is 18.8 Å². The van der Waals surface area contributed by atoms with Crippen LogP contribution in [0.1, 0.15) is 13.8 Å². The number of carbonyl (C=O) groups is 1. The van der Waals surface area contributed by atoms with E-state index in [0.29, 0.717) is 6.61 Å². The van der Waals surface area contributed by atoms with Gasteiger partial charge in [-0.3, -0.25) is 19.1 Å². The van der Waals surface area contributed by atoms with Crippen molar-refractivity contribution in [3.63, 3.8) is 0 Å². The fourth-order valence-corrected chi connectivity index (χ4v) is 1.24. The summed E-state index contributed by atoms with van der Waals surface area (Å²) >= 11 is 0. The van der Waals surface area contributed by atoms with Gasteiger partial charge in [-0.25, -0.2) is 4.79 Å². The third-order valence-corrected chi connectivity index (χ3v) is 2.06. The Bertz CT molecular complexity index is 474. The van der Waals surface area contributed by atoms with Crippen LogP contribution < -0.4 is 11.2 Å². The second-order valence-corrected chi connectivity index (χ2v) is 3.42. The Kier molecular flexibility index (Phi) is 4.04. The molecule has 16 heavy (non-hydrogen) atoms. The number of H-pyrrole nitrogens is 1. The molecule has 1 aromatic rings. The molecule has 1 unspecified atom stereocenters. The average Bonchev–Trinajstić information content (AvgIpc) is 2.22. The standard InChI is InChI=1S/C10H14N2O4/c1-3-16-9(14)7(2)6-12-5-4-8(13)11-10(12)15/h4-5,7H,3,6H2,1-2H3,(H,11,13,15). The Labute approximate surface area is 91.9 Å². The predicted molar refractivity (Wildman–Crippen MR) is 57.1 cm³/mol. The molecule has 88 valence electrons. The van der Waals surface area contributed by atoms with Crippen LogP contribution >= 0.6 is 0 Å². The molecule has 0 bridgehead atoms. The maximum absolute atomic E-state index is 11.3. The number of nitrogens with zero attached hydrogens (tertiary/aromatic N) is 1. The molecule has 0 aromatic carbocycles. The number of ether oxygens (including phenoxy) is 1. The van der Waals surface area contributed by atoms with E-state index in [1.54, 1.807) is 13.8 Å². The largest absolute Gasteiger partial charge is 0.466 e. The first kappa shape index (κ1) is 12.2. The van der Waals surface area contributed by atoms with Gasteiger partial charge < -0.3 is 4.74 Å². The lowest BCUT2D eigenvalue weighted by Crippen LogP contribution is -2.32. The molecule has 1 N–H and O–H groups in total. The number of aromatic amines is 1. The van der Waals surface area contributed by atoms with E-state index in [4.69, 9.17) is 4.74 Å². The van der Waals surface area contributed by atoms with E-state index in [1.165, 1.54) is 16.8 Å². The number of nitrogens with one attached hydrogen (secondary N) is 1. The summed E-state index contributed by atoms with van der Waals surface area (Å²) in [5, 5.41) is 0. The summed E-state index contributed by atoms with van der Waals surface area (Å²) in [6, 6.07) is 1.24. The zero-order valence-corrected chi connectivity index (χ0v) is 9.23. The molecule has 0 aliphatic heterocycles. The van der Waals surface area contributed by atoms with Crippen LogP contribution in [0.4, 0.5) is 0 Å². The van der Waals surface area contributed by atoms with Crippen LogP contribution in [0.2, 0.25) is 0 Å². The van der Waals surface area contributed by atoms with Crippen LogP contribution in [0.3, 0.4) is 0 Å². The molecule has 0 amide bonds. The van der Waals surface area contributed by atoms with Crippen LogP contribution in [-0.4, -0.2) is 22.1 Å². The monoisotopic (exact) mass is 226 g/mol. The van der Waals surface area contributed by atoms with Crippen molar-refractivity contribution in [2.24, 2.45) is 5.92 Å². The smallest absolute Gasteiger partial charge is 0.328 e. The highest BCUT2D eigenvalue weighted by molar-refractivity contribution is 5.71. The molecule has 1 rings (SSSR count). The van der Waals surface area contributed by atoms with Crippen LogP contribution in [-0.2, 0) is 16.1 Å². The maximum Gasteiger partial charge on any atom is 0.328 e. The van der Waals surface area contributed by atoms with Crippen LogP contribution in [0.5, 0.6) is 0 Å². The van der Waals surface area contributed by atoms with E-state index >= 15 is 0 Å². The Balaban J connectivity index is 2.77. The Morgan fingerprint density at radius 1 is 1.56 bits per heavy atom. The Morgan fingerprint density at radius 2 is 2.25 bits per heavy atom. The van der Waals surface area contributed by atoms with E-state index < -0.39 is 17.2 Å². The van der Waals surface area contributed by atoms with Crippen molar-refractivity contribution in [2.75, 3.05) is 6.61 Å². The van der Waals surface area contributed by atoms with Crippen molar-refractivity contribution in [1.82, 2.24) is 9.55 Å². The molecule has 0 saturated carbocycles. The number of rotatable bonds is 4. The minimum Gasteiger partial charge on any atom is -0.466 e. The van der Waals surface area contributed by atoms with Crippen LogP contribution in [0, 0.1) is 5.92 Å². The van der Waals surface area contributed by atoms with Crippen molar-refractivity contribution in [2.45, 2.75) is 20.4 Å². The lowest BCUT2D eigenvalue weighted by molar-refractivity contribution is -0.147. The van der Waals surface area contributed by atoms with Crippen LogP contribution in [0.25, 0.3) is 0 Å². The van der Waals surface area contributed by atoms with Gasteiger partial charge in [-0.05, 0) is 6.92 Å². The molecule has 0 spiro atoms. The molecule has 0 radical (unpaired) electrons. The van der Waals surface area contributed by atoms with Crippen molar-refractivity contribution < 1.29 is 9.53 Å². The van der Waals surface area contributed by atoms with Gasteiger partial charge in [0.05, 0.1) is 12.5 Å². The average molecular weight is 226 g/mol. The SMILES string of the molecule is CCOC(=O)C(C)Cn1ccc(=O)[nH]c1=O. The molecule has 1 heterocycles. The highest BCUT2D eigenvalue weighted by Crippen LogP contribution is 2.00. The van der Waals surface area contributed by atoms with E-state index in [-0.39, 0.29) is 12.5 Å². The molecule has 0 aliphatic rings. The molecule has 1 aromatic heterocycles. The number of aromatic nitrogens is 2. The predicted octanol–water partition coefficient (Wildman–Crippen LogP) is -0.264. The summed E-state index contributed by atoms with van der Waals surface area (Å²) in [6.45, 7) is 3.88. The van der Waals surface area contributed by atoms with Gasteiger partial charge in [-0.1, -0.05) is 6.92 Å². The van der Waals surface area contributed by atoms with E-state index in [1.807, 2.05) is 0 Å². The number of hydrogen-bond donors (Lipinski definition) is 1. The summed E-state index contributed by atoms with van der Waals surface area (Å²) in [4.78, 5) is 35.5. The summed E-state index contributed by atoms with van der Waals surface area (Å²) in [5.41, 5.74) is -0.978. The zero-order chi connectivity index (χ0) is 12.1. The van der Waals surface area contributed by atoms with E-state index in [0.717, 1.165) is 0 Å². The van der Waals surface area contributed by atoms with Gasteiger partial charge in [0.1, 0.15) is 0 Å². The molecular weight excluding hydrogens is 212 g/mol. The molecule has 6 nitrogen and oxygen atoms in total. The normalized spacial score (nSPS) is 12.1. The minimum absolute atomic E-state index is 0.189. The topological polar surface area (TPSA) is 81.2 Å². The molecule has 0 aliphatic carbocycles. The van der Waals surface area contributed by atoms with Gasteiger partial charge in [0.25, 0.3) is 5.56 Å². The van der Waals surface area contributed by atoms with E-state index in [2.05, 4.69) is 4.98 Å². The fourth-order valence-electron chi connectivity index (χ4n) is 1.24. The summed E-state index contributed by atoms with van der Waals surface area (Å²) in [5.74, 6) is -0.788. The number of hydrogen-bond acceptors (Lipinski definition) is 4. The molecule has 0 saturated heterocycles. The first-order valence-corrected chi connectivity index (χ1v) is 5.01. The second-order valence-electron chi connectivity index (χ2n) is 3.42. The second kappa shape index (κ2) is 5.29. The van der Waals surface area contributed by atoms with Gasteiger partial charge in [0.2, 0.25) is 0 Å². The molecular formula is C10H14N2O4. The van der Waals surface area contributed by atoms with Gasteiger partial charge in [-0.15, -0.1) is 0 Å². The molecule has 6 heteroatoms. The summed E-state index contributed by atoms with van der Waals surface area (Å²) < 4.78 is 6.08. The third kappa shape index (κ3) is 3.08. The number of carbonyl (C=O) groups excluding carboxylic acids is 1. The van der Waals surface area contributed by atoms with Gasteiger partial charge in [0.15, 0.2) is 0 Å². The minimum atomic E-state index is -0.524. The molecule has 0 fully saturated rings. The Morgan fingerprint density at radius 3 is 2.81 bits per heavy atom.